The number of carbonyl (C=O) groups is 1. The predicted octanol–water partition coefficient (Wildman–Crippen LogP) is 5.58. The van der Waals surface area contributed by atoms with Crippen LogP contribution in [-0.4, -0.2) is 43.3 Å². The van der Waals surface area contributed by atoms with Crippen LogP contribution >= 0.6 is 11.3 Å². The number of sulfonamides is 1. The lowest BCUT2D eigenvalue weighted by Crippen LogP contribution is -2.32. The van der Waals surface area contributed by atoms with Crippen LogP contribution in [0.15, 0.2) is 53.4 Å². The highest BCUT2D eigenvalue weighted by atomic mass is 32.2. The molecule has 1 amide bonds. The Hall–Kier alpha value is -2.75. The normalized spacial score (nSPS) is 11.6. The van der Waals surface area contributed by atoms with Gasteiger partial charge in [-0.1, -0.05) is 13.8 Å². The van der Waals surface area contributed by atoms with Crippen molar-refractivity contribution in [3.63, 3.8) is 0 Å². The molecule has 0 aliphatic heterocycles. The number of nitrogens with zero attached hydrogens (tertiary/aromatic N) is 2. The highest BCUT2D eigenvalue weighted by molar-refractivity contribution is 7.89. The Morgan fingerprint density at radius 1 is 1.00 bits per heavy atom. The summed E-state index contributed by atoms with van der Waals surface area (Å²) in [6.45, 7) is 9.34. The molecule has 3 aromatic rings. The molecule has 0 saturated heterocycles. The lowest BCUT2D eigenvalue weighted by atomic mass is 10.1. The van der Waals surface area contributed by atoms with Gasteiger partial charge in [-0.05, 0) is 75.2 Å². The van der Waals surface area contributed by atoms with Crippen molar-refractivity contribution in [2.24, 2.45) is 0 Å². The van der Waals surface area contributed by atoms with Crippen LogP contribution in [0.2, 0.25) is 0 Å². The zero-order valence-corrected chi connectivity index (χ0v) is 21.6. The van der Waals surface area contributed by atoms with Crippen LogP contribution in [0.5, 0.6) is 5.75 Å². The van der Waals surface area contributed by atoms with Crippen molar-refractivity contribution in [2.45, 2.75) is 45.4 Å². The van der Waals surface area contributed by atoms with Gasteiger partial charge in [-0.15, -0.1) is 11.3 Å². The molecule has 34 heavy (non-hydrogen) atoms. The van der Waals surface area contributed by atoms with E-state index in [1.54, 1.807) is 0 Å². The van der Waals surface area contributed by atoms with E-state index in [0.717, 1.165) is 34.7 Å². The molecule has 0 aliphatic carbocycles. The number of aromatic nitrogens is 1. The van der Waals surface area contributed by atoms with Gasteiger partial charge in [0, 0.05) is 29.1 Å². The second kappa shape index (κ2) is 11.6. The molecule has 0 atom stereocenters. The summed E-state index contributed by atoms with van der Waals surface area (Å²) in [5.41, 5.74) is 2.11. The smallest absolute Gasteiger partial charge is 0.257 e. The molecule has 7 nitrogen and oxygen atoms in total. The van der Waals surface area contributed by atoms with Crippen molar-refractivity contribution in [2.75, 3.05) is 25.0 Å². The summed E-state index contributed by atoms with van der Waals surface area (Å²) >= 11 is 1.39. The molecule has 1 N–H and O–H groups in total. The first-order valence-electron chi connectivity index (χ1n) is 11.4. The third-order valence-electron chi connectivity index (χ3n) is 5.16. The maximum absolute atomic E-state index is 12.9. The van der Waals surface area contributed by atoms with Crippen molar-refractivity contribution in [1.82, 2.24) is 9.29 Å². The molecular weight excluding hydrogens is 470 g/mol. The van der Waals surface area contributed by atoms with E-state index in [9.17, 15) is 13.2 Å². The summed E-state index contributed by atoms with van der Waals surface area (Å²) in [7, 11) is -3.58. The minimum atomic E-state index is -3.58. The van der Waals surface area contributed by atoms with Crippen LogP contribution in [0.3, 0.4) is 0 Å². The Morgan fingerprint density at radius 2 is 1.62 bits per heavy atom. The molecule has 3 rings (SSSR count). The largest absolute Gasteiger partial charge is 0.494 e. The topological polar surface area (TPSA) is 88.6 Å². The highest BCUT2D eigenvalue weighted by Gasteiger charge is 2.23. The number of anilines is 1. The summed E-state index contributed by atoms with van der Waals surface area (Å²) in [6.07, 6.45) is 1.48. The molecule has 0 saturated carbocycles. The van der Waals surface area contributed by atoms with E-state index < -0.39 is 10.0 Å². The lowest BCUT2D eigenvalue weighted by Gasteiger charge is -2.21. The average Bonchev–Trinajstić information content (AvgIpc) is 3.19. The highest BCUT2D eigenvalue weighted by Crippen LogP contribution is 2.31. The van der Waals surface area contributed by atoms with Crippen molar-refractivity contribution < 1.29 is 17.9 Å². The molecule has 182 valence electrons. The summed E-state index contributed by atoms with van der Waals surface area (Å²) in [5.74, 6) is 0.459. The van der Waals surface area contributed by atoms with Crippen molar-refractivity contribution >= 4 is 32.4 Å². The molecule has 1 aromatic heterocycles. The number of rotatable bonds is 11. The Labute approximate surface area is 205 Å². The third-order valence-corrected chi connectivity index (χ3v) is 7.96. The van der Waals surface area contributed by atoms with E-state index in [1.807, 2.05) is 52.0 Å². The van der Waals surface area contributed by atoms with Crippen LogP contribution in [0.25, 0.3) is 11.3 Å². The summed E-state index contributed by atoms with van der Waals surface area (Å²) < 4.78 is 32.8. The molecule has 0 aliphatic rings. The van der Waals surface area contributed by atoms with Gasteiger partial charge >= 0.3 is 0 Å². The Bertz CT molecular complexity index is 1200. The zero-order chi connectivity index (χ0) is 24.7. The average molecular weight is 502 g/mol. The number of hydrogen-bond donors (Lipinski definition) is 1. The molecule has 2 aromatic carbocycles. The first kappa shape index (κ1) is 25.9. The van der Waals surface area contributed by atoms with E-state index in [2.05, 4.69) is 10.3 Å². The minimum absolute atomic E-state index is 0.189. The van der Waals surface area contributed by atoms with Crippen molar-refractivity contribution in [1.29, 1.82) is 0 Å². The maximum Gasteiger partial charge on any atom is 0.257 e. The predicted molar refractivity (Wildman–Crippen MR) is 137 cm³/mol. The quantitative estimate of drug-likeness (QED) is 0.370. The maximum atomic E-state index is 12.9. The minimum Gasteiger partial charge on any atom is -0.494 e. The molecule has 0 unspecified atom stereocenters. The van der Waals surface area contributed by atoms with Crippen LogP contribution in [0.4, 0.5) is 5.13 Å². The van der Waals surface area contributed by atoms with Gasteiger partial charge < -0.3 is 4.74 Å². The van der Waals surface area contributed by atoms with Gasteiger partial charge in [0.25, 0.3) is 5.91 Å². The summed E-state index contributed by atoms with van der Waals surface area (Å²) in [6, 6.07) is 13.7. The number of benzene rings is 2. The fourth-order valence-corrected chi connectivity index (χ4v) is 6.00. The fraction of sp³-hybridized carbons (Fsp3) is 0.360. The molecule has 1 heterocycles. The second-order valence-corrected chi connectivity index (χ2v) is 10.9. The molecule has 0 bridgehead atoms. The molecule has 0 fully saturated rings. The van der Waals surface area contributed by atoms with Crippen LogP contribution in [0, 0.1) is 6.92 Å². The number of aryl methyl sites for hydroxylation is 1. The number of thiazole rings is 1. The van der Waals surface area contributed by atoms with Gasteiger partial charge in [0.2, 0.25) is 10.0 Å². The summed E-state index contributed by atoms with van der Waals surface area (Å²) in [5, 5.41) is 3.31. The van der Waals surface area contributed by atoms with Crippen molar-refractivity contribution in [3.05, 3.63) is 59.0 Å². The van der Waals surface area contributed by atoms with Gasteiger partial charge in [-0.2, -0.15) is 4.31 Å². The number of amides is 1. The van der Waals surface area contributed by atoms with Crippen LogP contribution in [-0.2, 0) is 10.0 Å². The fourth-order valence-electron chi connectivity index (χ4n) is 3.54. The van der Waals surface area contributed by atoms with E-state index >= 15 is 0 Å². The van der Waals surface area contributed by atoms with Gasteiger partial charge in [0.15, 0.2) is 5.13 Å². The Kier molecular flexibility index (Phi) is 8.82. The first-order valence-corrected chi connectivity index (χ1v) is 13.7. The number of carbonyl (C=O) groups excluding carboxylic acids is 1. The molecule has 0 spiro atoms. The van der Waals surface area contributed by atoms with Gasteiger partial charge in [0.1, 0.15) is 5.75 Å². The molecule has 0 radical (unpaired) electrons. The number of ether oxygens (including phenoxy) is 1. The SMILES string of the molecule is CCCN(CCC)S(=O)(=O)c1ccc(C(=O)Nc2nc(-c3ccc(OCC)cc3)c(C)s2)cc1. The lowest BCUT2D eigenvalue weighted by molar-refractivity contribution is 0.102. The van der Waals surface area contributed by atoms with Gasteiger partial charge in [-0.3, -0.25) is 10.1 Å². The number of hydrogen-bond acceptors (Lipinski definition) is 6. The Morgan fingerprint density at radius 3 is 2.18 bits per heavy atom. The van der Waals surface area contributed by atoms with Crippen molar-refractivity contribution in [3.8, 4) is 17.0 Å². The summed E-state index contributed by atoms with van der Waals surface area (Å²) in [4.78, 5) is 18.5. The number of nitrogens with one attached hydrogen (secondary N) is 1. The van der Waals surface area contributed by atoms with E-state index in [1.165, 1.54) is 39.9 Å². The first-order chi connectivity index (χ1) is 16.3. The van der Waals surface area contributed by atoms with E-state index in [0.29, 0.717) is 30.4 Å². The van der Waals surface area contributed by atoms with E-state index in [-0.39, 0.29) is 10.8 Å². The molecular formula is C25H31N3O4S2. The van der Waals surface area contributed by atoms with Gasteiger partial charge in [0.05, 0.1) is 17.2 Å². The molecule has 9 heteroatoms. The monoisotopic (exact) mass is 501 g/mol. The van der Waals surface area contributed by atoms with Gasteiger partial charge in [-0.25, -0.2) is 13.4 Å². The van der Waals surface area contributed by atoms with E-state index in [4.69, 9.17) is 4.74 Å². The van der Waals surface area contributed by atoms with Crippen LogP contribution in [0.1, 0.15) is 48.8 Å². The third kappa shape index (κ3) is 6.02. The second-order valence-electron chi connectivity index (χ2n) is 7.76. The van der Waals surface area contributed by atoms with Crippen LogP contribution < -0.4 is 10.1 Å². The standard InChI is InChI=1S/C25H31N3O4S2/c1-5-16-28(17-6-2)34(30,31)22-14-10-20(11-15-22)24(29)27-25-26-23(18(4)33-25)19-8-12-21(13-9-19)32-7-3/h8-15H,5-7,16-17H2,1-4H3,(H,26,27,29). The Balaban J connectivity index is 1.73. The zero-order valence-electron chi connectivity index (χ0n) is 20.0.